The molecule has 1 aliphatic heterocycles. The number of phenols is 1. The van der Waals surface area contributed by atoms with Crippen LogP contribution in [-0.4, -0.2) is 33.6 Å². The van der Waals surface area contributed by atoms with Crippen molar-refractivity contribution in [2.24, 2.45) is 0 Å². The number of likely N-dealkylation sites (tertiary alicyclic amines) is 1. The number of benzene rings is 1. The molecule has 2 N–H and O–H groups in total. The van der Waals surface area contributed by atoms with Crippen LogP contribution < -0.4 is 0 Å². The van der Waals surface area contributed by atoms with Gasteiger partial charge < -0.3 is 19.5 Å². The number of para-hydroxylation sites is 1. The number of carbonyl (C=O) groups is 1. The highest BCUT2D eigenvalue weighted by Crippen LogP contribution is 2.28. The van der Waals surface area contributed by atoms with Crippen LogP contribution in [0, 0.1) is 0 Å². The fraction of sp³-hybridized carbons (Fsp3) is 0.389. The van der Waals surface area contributed by atoms with Crippen molar-refractivity contribution in [1.82, 2.24) is 4.90 Å². The number of carbonyl (C=O) groups excluding carboxylic acids is 1. The van der Waals surface area contributed by atoms with Gasteiger partial charge in [0.05, 0.1) is 12.7 Å². The van der Waals surface area contributed by atoms with Gasteiger partial charge in [-0.1, -0.05) is 18.2 Å². The summed E-state index contributed by atoms with van der Waals surface area (Å²) in [4.78, 5) is 14.4. The number of aromatic hydroxyl groups is 1. The molecule has 2 aromatic rings. The van der Waals surface area contributed by atoms with Crippen LogP contribution in [0.25, 0.3) is 0 Å². The Morgan fingerprint density at radius 2 is 2.13 bits per heavy atom. The van der Waals surface area contributed by atoms with Crippen LogP contribution in [0.2, 0.25) is 0 Å². The number of aliphatic hydroxyl groups excluding tert-OH is 1. The minimum Gasteiger partial charge on any atom is -0.508 e. The fourth-order valence-electron chi connectivity index (χ4n) is 3.19. The van der Waals surface area contributed by atoms with Crippen LogP contribution in [0.15, 0.2) is 47.1 Å². The van der Waals surface area contributed by atoms with Crippen LogP contribution in [0.4, 0.5) is 0 Å². The second-order valence-electron chi connectivity index (χ2n) is 5.96. The Morgan fingerprint density at radius 1 is 1.30 bits per heavy atom. The molecule has 1 aliphatic rings. The van der Waals surface area contributed by atoms with Crippen molar-refractivity contribution >= 4 is 5.91 Å². The first kappa shape index (κ1) is 15.6. The predicted molar refractivity (Wildman–Crippen MR) is 84.8 cm³/mol. The highest BCUT2D eigenvalue weighted by atomic mass is 16.4. The summed E-state index contributed by atoms with van der Waals surface area (Å²) in [5, 5.41) is 20.0. The molecule has 1 amide bonds. The maximum Gasteiger partial charge on any atom is 0.227 e. The monoisotopic (exact) mass is 315 g/mol. The molecule has 1 fully saturated rings. The second-order valence-corrected chi connectivity index (χ2v) is 5.96. The molecule has 0 saturated carbocycles. The second kappa shape index (κ2) is 6.87. The zero-order valence-electron chi connectivity index (χ0n) is 12.9. The molecule has 2 atom stereocenters. The maximum atomic E-state index is 12.6. The molecule has 0 aliphatic carbocycles. The Hall–Kier alpha value is -2.27. The summed E-state index contributed by atoms with van der Waals surface area (Å²) < 4.78 is 5.23. The van der Waals surface area contributed by atoms with Gasteiger partial charge in [0.25, 0.3) is 0 Å². The SMILES string of the molecule is O=C(Cc1ccccc1O)N1CCCC1CC(O)c1ccco1. The zero-order chi connectivity index (χ0) is 16.2. The summed E-state index contributed by atoms with van der Waals surface area (Å²) >= 11 is 0. The number of rotatable bonds is 5. The molecular weight excluding hydrogens is 294 g/mol. The molecule has 0 radical (unpaired) electrons. The maximum absolute atomic E-state index is 12.6. The Balaban J connectivity index is 1.64. The third-order valence-electron chi connectivity index (χ3n) is 4.40. The summed E-state index contributed by atoms with van der Waals surface area (Å²) in [6, 6.07) is 10.4. The van der Waals surface area contributed by atoms with Gasteiger partial charge in [0.1, 0.15) is 17.6 Å². The van der Waals surface area contributed by atoms with E-state index in [1.165, 1.54) is 6.26 Å². The van der Waals surface area contributed by atoms with E-state index in [4.69, 9.17) is 4.42 Å². The van der Waals surface area contributed by atoms with Crippen molar-refractivity contribution < 1.29 is 19.4 Å². The van der Waals surface area contributed by atoms with E-state index >= 15 is 0 Å². The smallest absolute Gasteiger partial charge is 0.227 e. The Kier molecular flexibility index (Phi) is 4.67. The van der Waals surface area contributed by atoms with E-state index in [0.29, 0.717) is 24.3 Å². The van der Waals surface area contributed by atoms with Gasteiger partial charge in [-0.25, -0.2) is 0 Å². The molecule has 5 nitrogen and oxygen atoms in total. The summed E-state index contributed by atoms with van der Waals surface area (Å²) in [6.07, 6.45) is 3.30. The number of hydrogen-bond donors (Lipinski definition) is 2. The average Bonchev–Trinajstić information content (AvgIpc) is 3.20. The largest absolute Gasteiger partial charge is 0.508 e. The van der Waals surface area contributed by atoms with Crippen molar-refractivity contribution in [2.45, 2.75) is 37.8 Å². The van der Waals surface area contributed by atoms with Gasteiger partial charge in [-0.15, -0.1) is 0 Å². The lowest BCUT2D eigenvalue weighted by Gasteiger charge is -2.26. The number of hydrogen-bond acceptors (Lipinski definition) is 4. The number of nitrogens with zero attached hydrogens (tertiary/aromatic N) is 1. The molecular formula is C18H21NO4. The normalized spacial score (nSPS) is 19.0. The van der Waals surface area contributed by atoms with Crippen molar-refractivity contribution in [3.63, 3.8) is 0 Å². The molecule has 1 saturated heterocycles. The first-order valence-corrected chi connectivity index (χ1v) is 7.93. The first-order chi connectivity index (χ1) is 11.1. The molecule has 3 rings (SSSR count). The number of phenolic OH excluding ortho intramolecular Hbond substituents is 1. The lowest BCUT2D eigenvalue weighted by Crippen LogP contribution is -2.37. The van der Waals surface area contributed by atoms with Gasteiger partial charge in [0.2, 0.25) is 5.91 Å². The third kappa shape index (κ3) is 3.56. The van der Waals surface area contributed by atoms with Crippen molar-refractivity contribution in [2.75, 3.05) is 6.54 Å². The lowest BCUT2D eigenvalue weighted by molar-refractivity contribution is -0.131. The van der Waals surface area contributed by atoms with Gasteiger partial charge in [-0.3, -0.25) is 4.79 Å². The fourth-order valence-corrected chi connectivity index (χ4v) is 3.19. The highest BCUT2D eigenvalue weighted by molar-refractivity contribution is 5.80. The van der Waals surface area contributed by atoms with Crippen molar-refractivity contribution in [3.8, 4) is 5.75 Å². The van der Waals surface area contributed by atoms with Crippen molar-refractivity contribution in [1.29, 1.82) is 0 Å². The van der Waals surface area contributed by atoms with Gasteiger partial charge in [0.15, 0.2) is 0 Å². The summed E-state index contributed by atoms with van der Waals surface area (Å²) in [5.41, 5.74) is 0.634. The number of furan rings is 1. The van der Waals surface area contributed by atoms with Crippen LogP contribution in [0.3, 0.4) is 0 Å². The van der Waals surface area contributed by atoms with Crippen LogP contribution in [0.5, 0.6) is 5.75 Å². The minimum absolute atomic E-state index is 0.00783. The van der Waals surface area contributed by atoms with E-state index in [9.17, 15) is 15.0 Å². The van der Waals surface area contributed by atoms with E-state index in [-0.39, 0.29) is 24.1 Å². The molecule has 2 heterocycles. The van der Waals surface area contributed by atoms with E-state index in [2.05, 4.69) is 0 Å². The average molecular weight is 315 g/mol. The molecule has 2 unspecified atom stereocenters. The number of amides is 1. The minimum atomic E-state index is -0.700. The van der Waals surface area contributed by atoms with Crippen LogP contribution in [0.1, 0.15) is 36.7 Å². The highest BCUT2D eigenvalue weighted by Gasteiger charge is 2.31. The van der Waals surface area contributed by atoms with Gasteiger partial charge in [-0.05, 0) is 31.0 Å². The Bertz CT molecular complexity index is 653. The first-order valence-electron chi connectivity index (χ1n) is 7.93. The Morgan fingerprint density at radius 3 is 2.87 bits per heavy atom. The third-order valence-corrected chi connectivity index (χ3v) is 4.40. The molecule has 122 valence electrons. The molecule has 23 heavy (non-hydrogen) atoms. The summed E-state index contributed by atoms with van der Waals surface area (Å²) in [6.45, 7) is 0.696. The predicted octanol–water partition coefficient (Wildman–Crippen LogP) is 2.64. The van der Waals surface area contributed by atoms with E-state index < -0.39 is 6.10 Å². The summed E-state index contributed by atoms with van der Waals surface area (Å²) in [7, 11) is 0. The van der Waals surface area contributed by atoms with Gasteiger partial charge in [0, 0.05) is 24.6 Å². The number of aliphatic hydroxyl groups is 1. The van der Waals surface area contributed by atoms with Gasteiger partial charge >= 0.3 is 0 Å². The quantitative estimate of drug-likeness (QED) is 0.889. The molecule has 5 heteroatoms. The zero-order valence-corrected chi connectivity index (χ0v) is 12.9. The standard InChI is InChI=1S/C18H21NO4/c20-15-7-2-1-5-13(15)11-18(22)19-9-3-6-14(19)12-16(21)17-8-4-10-23-17/h1-2,4-5,7-8,10,14,16,20-21H,3,6,9,11-12H2. The lowest BCUT2D eigenvalue weighted by atomic mass is 10.0. The Labute approximate surface area is 135 Å². The molecule has 0 bridgehead atoms. The van der Waals surface area contributed by atoms with E-state index in [1.807, 2.05) is 11.0 Å². The molecule has 0 spiro atoms. The topological polar surface area (TPSA) is 73.9 Å². The van der Waals surface area contributed by atoms with Crippen molar-refractivity contribution in [3.05, 3.63) is 54.0 Å². The molecule has 1 aromatic heterocycles. The van der Waals surface area contributed by atoms with E-state index in [0.717, 1.165) is 12.8 Å². The van der Waals surface area contributed by atoms with Crippen LogP contribution >= 0.6 is 0 Å². The molecule has 1 aromatic carbocycles. The van der Waals surface area contributed by atoms with Crippen LogP contribution in [-0.2, 0) is 11.2 Å². The van der Waals surface area contributed by atoms with E-state index in [1.54, 1.807) is 30.3 Å². The summed E-state index contributed by atoms with van der Waals surface area (Å²) in [5.74, 6) is 0.665. The van der Waals surface area contributed by atoms with Gasteiger partial charge in [-0.2, -0.15) is 0 Å².